The Labute approximate surface area is 192 Å². The second-order valence-electron chi connectivity index (χ2n) is 9.36. The minimum atomic E-state index is -1.10. The van der Waals surface area contributed by atoms with Gasteiger partial charge in [-0.1, -0.05) is 12.1 Å². The van der Waals surface area contributed by atoms with Crippen LogP contribution in [0.3, 0.4) is 0 Å². The number of aromatic nitrogens is 2. The fourth-order valence-corrected chi connectivity index (χ4v) is 6.10. The summed E-state index contributed by atoms with van der Waals surface area (Å²) >= 11 is -1.10. The van der Waals surface area contributed by atoms with Crippen molar-refractivity contribution in [2.45, 2.75) is 41.7 Å². The van der Waals surface area contributed by atoms with Gasteiger partial charge in [0, 0.05) is 33.3 Å². The maximum Gasteiger partial charge on any atom is 0.228 e. The van der Waals surface area contributed by atoms with E-state index in [0.717, 1.165) is 36.2 Å². The van der Waals surface area contributed by atoms with Crippen molar-refractivity contribution in [1.29, 1.82) is 0 Å². The fraction of sp³-hybridized carbons (Fsp3) is 0.565. The number of ether oxygens (including phenoxy) is 1. The Morgan fingerprint density at radius 3 is 2.69 bits per heavy atom. The van der Waals surface area contributed by atoms with Crippen LogP contribution in [0.2, 0.25) is 0 Å². The third kappa shape index (κ3) is 3.51. The van der Waals surface area contributed by atoms with Gasteiger partial charge in [-0.25, -0.2) is 4.98 Å². The predicted molar refractivity (Wildman–Crippen MR) is 126 cm³/mol. The third-order valence-corrected chi connectivity index (χ3v) is 8.59. The Morgan fingerprint density at radius 2 is 2.06 bits per heavy atom. The molecule has 0 bridgehead atoms. The molecule has 1 aliphatic carbocycles. The number of methoxy groups -OCH3 is 1. The first-order chi connectivity index (χ1) is 15.4. The van der Waals surface area contributed by atoms with Gasteiger partial charge in [0.25, 0.3) is 0 Å². The zero-order valence-electron chi connectivity index (χ0n) is 18.9. The molecule has 2 aliphatic heterocycles. The summed E-state index contributed by atoms with van der Waals surface area (Å²) in [6.07, 6.45) is 3.55. The number of aliphatic hydroxyl groups excluding tert-OH is 1. The van der Waals surface area contributed by atoms with Crippen molar-refractivity contribution < 1.29 is 14.4 Å². The molecule has 1 aromatic heterocycles. The minimum Gasteiger partial charge on any atom is -0.611 e. The monoisotopic (exact) mass is 457 g/mol. The molecule has 0 radical (unpaired) electrons. The Bertz CT molecular complexity index is 1000. The summed E-state index contributed by atoms with van der Waals surface area (Å²) in [6.45, 7) is 1.34. The van der Waals surface area contributed by atoms with Crippen molar-refractivity contribution >= 4 is 28.6 Å². The molecule has 5 rings (SSSR count). The summed E-state index contributed by atoms with van der Waals surface area (Å²) in [6, 6.07) is 8.42. The largest absolute Gasteiger partial charge is 0.611 e. The van der Waals surface area contributed by atoms with Gasteiger partial charge in [-0.15, -0.1) is 0 Å². The number of rotatable bonds is 7. The summed E-state index contributed by atoms with van der Waals surface area (Å²) in [7, 11) is 5.81. The van der Waals surface area contributed by atoms with Gasteiger partial charge < -0.3 is 29.5 Å². The molecule has 0 unspecified atom stereocenters. The van der Waals surface area contributed by atoms with Crippen LogP contribution in [0.25, 0.3) is 0 Å². The Hall–Kier alpha value is -2.07. The molecule has 8 nitrogen and oxygen atoms in total. The van der Waals surface area contributed by atoms with E-state index in [-0.39, 0.29) is 12.1 Å². The highest BCUT2D eigenvalue weighted by atomic mass is 32.2. The van der Waals surface area contributed by atoms with E-state index < -0.39 is 16.8 Å². The zero-order chi connectivity index (χ0) is 22.5. The number of aryl methyl sites for hydroxylation is 1. The summed E-state index contributed by atoms with van der Waals surface area (Å²) in [5.41, 5.74) is 2.36. The molecule has 9 heteroatoms. The third-order valence-electron chi connectivity index (χ3n) is 7.13. The number of hydrogen-bond donors (Lipinski definition) is 2. The van der Waals surface area contributed by atoms with Gasteiger partial charge in [-0.2, -0.15) is 4.98 Å². The van der Waals surface area contributed by atoms with Crippen LogP contribution in [0.5, 0.6) is 0 Å². The quantitative estimate of drug-likeness (QED) is 0.609. The summed E-state index contributed by atoms with van der Waals surface area (Å²) in [5, 5.41) is 13.4. The number of anilines is 3. The van der Waals surface area contributed by atoms with E-state index >= 15 is 0 Å². The van der Waals surface area contributed by atoms with E-state index in [4.69, 9.17) is 14.7 Å². The highest BCUT2D eigenvalue weighted by Crippen LogP contribution is 2.42. The average Bonchev–Trinajstić information content (AvgIpc) is 3.11. The van der Waals surface area contributed by atoms with E-state index in [2.05, 4.69) is 39.4 Å². The van der Waals surface area contributed by atoms with Crippen LogP contribution in [0.4, 0.5) is 17.5 Å². The Morgan fingerprint density at radius 1 is 1.28 bits per heavy atom. The van der Waals surface area contributed by atoms with Gasteiger partial charge in [0.1, 0.15) is 17.0 Å². The summed E-state index contributed by atoms with van der Waals surface area (Å²) in [5.74, 6) is 1.83. The van der Waals surface area contributed by atoms with Gasteiger partial charge in [-0.05, 0) is 48.1 Å². The zero-order valence-corrected chi connectivity index (χ0v) is 19.7. The molecule has 1 saturated carbocycles. The topological polar surface area (TPSA) is 96.8 Å². The van der Waals surface area contributed by atoms with Crippen molar-refractivity contribution in [2.24, 2.45) is 0 Å². The maximum atomic E-state index is 12.6. The molecule has 1 atom stereocenters. The second-order valence-corrected chi connectivity index (χ2v) is 10.9. The molecule has 3 heterocycles. The van der Waals surface area contributed by atoms with Gasteiger partial charge in [0.05, 0.1) is 25.2 Å². The van der Waals surface area contributed by atoms with Crippen LogP contribution in [-0.2, 0) is 27.9 Å². The molecule has 2 fully saturated rings. The molecule has 3 aliphatic rings. The van der Waals surface area contributed by atoms with Crippen molar-refractivity contribution in [1.82, 2.24) is 9.97 Å². The molecule has 2 aromatic rings. The van der Waals surface area contributed by atoms with Gasteiger partial charge >= 0.3 is 0 Å². The van der Waals surface area contributed by atoms with E-state index in [9.17, 15) is 9.66 Å². The van der Waals surface area contributed by atoms with Crippen LogP contribution < -0.4 is 15.1 Å². The SMILES string of the molecule is COC1(c2cccc(N(C)C)c2)CN(c2nc3c(c(NC4(CO)CCC4)n2)[S@+]([O-])CC3)C1. The van der Waals surface area contributed by atoms with Gasteiger partial charge in [0.2, 0.25) is 10.8 Å². The lowest BCUT2D eigenvalue weighted by Crippen LogP contribution is -2.61. The van der Waals surface area contributed by atoms with E-state index in [1.807, 2.05) is 14.1 Å². The van der Waals surface area contributed by atoms with E-state index in [1.165, 1.54) is 0 Å². The highest BCUT2D eigenvalue weighted by Gasteiger charge is 2.47. The number of aliphatic hydroxyl groups is 1. The molecule has 172 valence electrons. The minimum absolute atomic E-state index is 0.0481. The lowest BCUT2D eigenvalue weighted by Gasteiger charge is -2.49. The Balaban J connectivity index is 1.43. The first kappa shape index (κ1) is 21.8. The predicted octanol–water partition coefficient (Wildman–Crippen LogP) is 1.90. The van der Waals surface area contributed by atoms with E-state index in [0.29, 0.717) is 41.9 Å². The van der Waals surface area contributed by atoms with Crippen LogP contribution in [-0.4, -0.2) is 71.8 Å². The van der Waals surface area contributed by atoms with Crippen LogP contribution in [0.1, 0.15) is 30.5 Å². The number of hydrogen-bond acceptors (Lipinski definition) is 8. The fourth-order valence-electron chi connectivity index (χ4n) is 4.80. The second kappa shape index (κ2) is 8.06. The number of benzene rings is 1. The van der Waals surface area contributed by atoms with Crippen LogP contribution in [0, 0.1) is 0 Å². The number of nitrogens with zero attached hydrogens (tertiary/aromatic N) is 4. The van der Waals surface area contributed by atoms with Crippen LogP contribution >= 0.6 is 0 Å². The van der Waals surface area contributed by atoms with Crippen LogP contribution in [0.15, 0.2) is 29.2 Å². The van der Waals surface area contributed by atoms with Gasteiger partial charge in [-0.3, -0.25) is 0 Å². The first-order valence-electron chi connectivity index (χ1n) is 11.1. The standard InChI is InChI=1S/C23H31N5O3S/c1-27(2)17-7-4-6-16(12-17)23(31-3)13-28(14-23)21-24-18-8-11-32(30)19(18)20(25-21)26-22(15-29)9-5-10-22/h4,6-7,12,29H,5,8-11,13-15H2,1-3H3,(H,24,25,26)/t32-/m1/s1. The molecule has 2 N–H and O–H groups in total. The molecule has 1 aromatic carbocycles. The summed E-state index contributed by atoms with van der Waals surface area (Å²) in [4.78, 5) is 14.5. The maximum absolute atomic E-state index is 12.6. The van der Waals surface area contributed by atoms with E-state index in [1.54, 1.807) is 7.11 Å². The molecular weight excluding hydrogens is 426 g/mol. The molecule has 0 amide bonds. The normalized spacial score (nSPS) is 22.7. The molecular formula is C23H31N5O3S. The number of fused-ring (bicyclic) bond motifs is 1. The van der Waals surface area contributed by atoms with Gasteiger partial charge in [0.15, 0.2) is 5.82 Å². The lowest BCUT2D eigenvalue weighted by atomic mass is 9.77. The molecule has 1 saturated heterocycles. The first-order valence-corrected chi connectivity index (χ1v) is 12.5. The van der Waals surface area contributed by atoms with Crippen molar-refractivity contribution in [3.63, 3.8) is 0 Å². The van der Waals surface area contributed by atoms with Crippen molar-refractivity contribution in [3.8, 4) is 0 Å². The highest BCUT2D eigenvalue weighted by molar-refractivity contribution is 7.91. The average molecular weight is 458 g/mol. The molecule has 0 spiro atoms. The molecule has 32 heavy (non-hydrogen) atoms. The number of nitrogens with one attached hydrogen (secondary N) is 1. The van der Waals surface area contributed by atoms with Crippen molar-refractivity contribution in [2.75, 3.05) is 61.8 Å². The smallest absolute Gasteiger partial charge is 0.228 e. The Kier molecular flexibility index (Phi) is 5.48. The summed E-state index contributed by atoms with van der Waals surface area (Å²) < 4.78 is 18.6. The van der Waals surface area contributed by atoms with Crippen molar-refractivity contribution in [3.05, 3.63) is 35.5 Å². The lowest BCUT2D eigenvalue weighted by molar-refractivity contribution is -0.0390.